The van der Waals surface area contributed by atoms with Crippen molar-refractivity contribution in [2.75, 3.05) is 6.54 Å². The van der Waals surface area contributed by atoms with Gasteiger partial charge in [0.25, 0.3) is 0 Å². The van der Waals surface area contributed by atoms with E-state index in [-0.39, 0.29) is 5.78 Å². The molecule has 1 heterocycles. The molecule has 1 aromatic heterocycles. The highest BCUT2D eigenvalue weighted by atomic mass is 16.3. The van der Waals surface area contributed by atoms with Gasteiger partial charge in [0.05, 0.1) is 6.54 Å². The predicted molar refractivity (Wildman–Crippen MR) is 61.5 cm³/mol. The maximum atomic E-state index is 11.8. The van der Waals surface area contributed by atoms with Gasteiger partial charge in [0.15, 0.2) is 17.8 Å². The molecule has 0 radical (unpaired) electrons. The highest BCUT2D eigenvalue weighted by molar-refractivity contribution is 5.99. The van der Waals surface area contributed by atoms with Gasteiger partial charge in [0, 0.05) is 11.6 Å². The van der Waals surface area contributed by atoms with Crippen LogP contribution in [0.3, 0.4) is 0 Å². The maximum Gasteiger partial charge on any atom is 0.181 e. The molecule has 0 saturated heterocycles. The molecule has 0 unspecified atom stereocenters. The fourth-order valence-electron chi connectivity index (χ4n) is 1.43. The van der Waals surface area contributed by atoms with Crippen LogP contribution in [0.1, 0.15) is 24.2 Å². The van der Waals surface area contributed by atoms with Crippen molar-refractivity contribution in [2.45, 2.75) is 19.9 Å². The molecule has 0 saturated carbocycles. The summed E-state index contributed by atoms with van der Waals surface area (Å²) >= 11 is 0. The highest BCUT2D eigenvalue weighted by Gasteiger charge is 2.08. The summed E-state index contributed by atoms with van der Waals surface area (Å²) in [6.07, 6.45) is 1.38. The normalized spacial score (nSPS) is 11.2. The topological polar surface area (TPSA) is 55.1 Å². The van der Waals surface area contributed by atoms with Gasteiger partial charge in [0.1, 0.15) is 5.52 Å². The summed E-state index contributed by atoms with van der Waals surface area (Å²) in [6.45, 7) is 4.36. The Bertz CT molecular complexity index is 502. The van der Waals surface area contributed by atoms with Gasteiger partial charge in [-0.1, -0.05) is 13.8 Å². The first-order chi connectivity index (χ1) is 7.66. The molecule has 4 nitrogen and oxygen atoms in total. The third-order valence-corrected chi connectivity index (χ3v) is 2.32. The molecule has 4 heteroatoms. The molecule has 16 heavy (non-hydrogen) atoms. The number of nitrogens with zero attached hydrogens (tertiary/aromatic N) is 1. The number of aromatic nitrogens is 1. The van der Waals surface area contributed by atoms with Crippen molar-refractivity contribution in [3.8, 4) is 0 Å². The standard InChI is InChI=1S/C12H14N2O2/c1-8(2)13-6-11(15)9-3-4-12-10(5-9)14-7-16-12/h3-5,7-8,13H,6H2,1-2H3. The van der Waals surface area contributed by atoms with Crippen LogP contribution >= 0.6 is 0 Å². The van der Waals surface area contributed by atoms with Crippen LogP contribution in [0.4, 0.5) is 0 Å². The van der Waals surface area contributed by atoms with E-state index in [1.165, 1.54) is 6.39 Å². The minimum Gasteiger partial charge on any atom is -0.443 e. The van der Waals surface area contributed by atoms with E-state index in [2.05, 4.69) is 10.3 Å². The Kier molecular flexibility index (Phi) is 3.01. The molecule has 0 amide bonds. The lowest BCUT2D eigenvalue weighted by molar-refractivity contribution is 0.0988. The smallest absolute Gasteiger partial charge is 0.181 e. The first-order valence-electron chi connectivity index (χ1n) is 5.26. The van der Waals surface area contributed by atoms with Gasteiger partial charge in [-0.25, -0.2) is 4.98 Å². The van der Waals surface area contributed by atoms with Gasteiger partial charge in [-0.15, -0.1) is 0 Å². The zero-order chi connectivity index (χ0) is 11.5. The Hall–Kier alpha value is -1.68. The van der Waals surface area contributed by atoms with Crippen molar-refractivity contribution < 1.29 is 9.21 Å². The maximum absolute atomic E-state index is 11.8. The van der Waals surface area contributed by atoms with E-state index in [0.29, 0.717) is 23.7 Å². The van der Waals surface area contributed by atoms with Crippen LogP contribution in [0, 0.1) is 0 Å². The molecule has 1 N–H and O–H groups in total. The number of carbonyl (C=O) groups excluding carboxylic acids is 1. The number of carbonyl (C=O) groups is 1. The van der Waals surface area contributed by atoms with E-state index in [4.69, 9.17) is 4.42 Å². The molecule has 84 valence electrons. The van der Waals surface area contributed by atoms with Crippen molar-refractivity contribution >= 4 is 16.9 Å². The lowest BCUT2D eigenvalue weighted by Crippen LogP contribution is -2.29. The highest BCUT2D eigenvalue weighted by Crippen LogP contribution is 2.14. The van der Waals surface area contributed by atoms with Crippen LogP contribution < -0.4 is 5.32 Å². The molecule has 0 aliphatic rings. The van der Waals surface area contributed by atoms with E-state index in [1.807, 2.05) is 13.8 Å². The summed E-state index contributed by atoms with van der Waals surface area (Å²) in [7, 11) is 0. The van der Waals surface area contributed by atoms with Crippen LogP contribution in [0.25, 0.3) is 11.1 Å². The molecule has 0 bridgehead atoms. The lowest BCUT2D eigenvalue weighted by atomic mass is 10.1. The number of oxazole rings is 1. The molecule has 0 spiro atoms. The summed E-state index contributed by atoms with van der Waals surface area (Å²) in [5, 5.41) is 3.09. The third-order valence-electron chi connectivity index (χ3n) is 2.32. The molecule has 0 aliphatic heterocycles. The number of ketones is 1. The van der Waals surface area contributed by atoms with Crippen molar-refractivity contribution in [2.24, 2.45) is 0 Å². The number of benzene rings is 1. The van der Waals surface area contributed by atoms with Crippen LogP contribution in [0.2, 0.25) is 0 Å². The Morgan fingerprint density at radius 3 is 3.06 bits per heavy atom. The van der Waals surface area contributed by atoms with E-state index in [9.17, 15) is 4.79 Å². The molecule has 0 atom stereocenters. The van der Waals surface area contributed by atoms with Crippen LogP contribution in [-0.2, 0) is 0 Å². The fourth-order valence-corrected chi connectivity index (χ4v) is 1.43. The van der Waals surface area contributed by atoms with Crippen LogP contribution in [-0.4, -0.2) is 23.4 Å². The van der Waals surface area contributed by atoms with Crippen molar-refractivity contribution in [1.82, 2.24) is 10.3 Å². The lowest BCUT2D eigenvalue weighted by Gasteiger charge is -2.06. The van der Waals surface area contributed by atoms with Crippen molar-refractivity contribution in [3.63, 3.8) is 0 Å². The largest absolute Gasteiger partial charge is 0.443 e. The molecule has 2 aromatic rings. The van der Waals surface area contributed by atoms with Crippen molar-refractivity contribution in [1.29, 1.82) is 0 Å². The second kappa shape index (κ2) is 4.45. The fraction of sp³-hybridized carbons (Fsp3) is 0.333. The van der Waals surface area contributed by atoms with Crippen molar-refractivity contribution in [3.05, 3.63) is 30.2 Å². The van der Waals surface area contributed by atoms with Gasteiger partial charge in [-0.2, -0.15) is 0 Å². The molecular weight excluding hydrogens is 204 g/mol. The summed E-state index contributed by atoms with van der Waals surface area (Å²) in [4.78, 5) is 15.8. The van der Waals surface area contributed by atoms with Gasteiger partial charge >= 0.3 is 0 Å². The molecular formula is C12H14N2O2. The van der Waals surface area contributed by atoms with Crippen LogP contribution in [0.5, 0.6) is 0 Å². The van der Waals surface area contributed by atoms with Gasteiger partial charge in [0.2, 0.25) is 0 Å². The van der Waals surface area contributed by atoms with Gasteiger partial charge < -0.3 is 9.73 Å². The van der Waals surface area contributed by atoms with Gasteiger partial charge in [-0.3, -0.25) is 4.79 Å². The second-order valence-corrected chi connectivity index (χ2v) is 3.99. The average molecular weight is 218 g/mol. The Balaban J connectivity index is 2.16. The molecule has 0 aliphatic carbocycles. The van der Waals surface area contributed by atoms with Crippen LogP contribution in [0.15, 0.2) is 29.0 Å². The Labute approximate surface area is 93.7 Å². The SMILES string of the molecule is CC(C)NCC(=O)c1ccc2ocnc2c1. The first kappa shape index (κ1) is 10.8. The summed E-state index contributed by atoms with van der Waals surface area (Å²) < 4.78 is 5.11. The van der Waals surface area contributed by atoms with E-state index in [0.717, 1.165) is 5.52 Å². The van der Waals surface area contributed by atoms with E-state index >= 15 is 0 Å². The Morgan fingerprint density at radius 1 is 1.50 bits per heavy atom. The number of rotatable bonds is 4. The summed E-state index contributed by atoms with van der Waals surface area (Å²) in [5.41, 5.74) is 2.08. The molecule has 2 rings (SSSR count). The zero-order valence-corrected chi connectivity index (χ0v) is 9.36. The number of hydrogen-bond donors (Lipinski definition) is 1. The zero-order valence-electron chi connectivity index (χ0n) is 9.36. The predicted octanol–water partition coefficient (Wildman–Crippen LogP) is 2.01. The summed E-state index contributed by atoms with van der Waals surface area (Å²) in [6, 6.07) is 5.59. The quantitative estimate of drug-likeness (QED) is 0.797. The molecule has 1 aromatic carbocycles. The number of fused-ring (bicyclic) bond motifs is 1. The second-order valence-electron chi connectivity index (χ2n) is 3.99. The summed E-state index contributed by atoms with van der Waals surface area (Å²) in [5.74, 6) is 0.0681. The average Bonchev–Trinajstić information content (AvgIpc) is 2.72. The minimum absolute atomic E-state index is 0.0681. The number of nitrogens with one attached hydrogen (secondary N) is 1. The monoisotopic (exact) mass is 218 g/mol. The molecule has 0 fully saturated rings. The van der Waals surface area contributed by atoms with E-state index < -0.39 is 0 Å². The number of Topliss-reactive ketones (excluding diaryl/α,β-unsaturated/α-hetero) is 1. The van der Waals surface area contributed by atoms with Gasteiger partial charge in [-0.05, 0) is 18.2 Å². The minimum atomic E-state index is 0.0681. The van der Waals surface area contributed by atoms with E-state index in [1.54, 1.807) is 18.2 Å². The Morgan fingerprint density at radius 2 is 2.31 bits per heavy atom. The third kappa shape index (κ3) is 2.28. The number of hydrogen-bond acceptors (Lipinski definition) is 4. The first-order valence-corrected chi connectivity index (χ1v) is 5.26.